The lowest BCUT2D eigenvalue weighted by atomic mass is 10.1. The van der Waals surface area contributed by atoms with Crippen LogP contribution in [0, 0.1) is 5.92 Å². The van der Waals surface area contributed by atoms with Crippen molar-refractivity contribution in [2.24, 2.45) is 5.92 Å². The Hall–Kier alpha value is -0.720. The van der Waals surface area contributed by atoms with Gasteiger partial charge >= 0.3 is 5.97 Å². The highest BCUT2D eigenvalue weighted by Crippen LogP contribution is 2.26. The Kier molecular flexibility index (Phi) is 5.74. The average Bonchev–Trinajstić information content (AvgIpc) is 2.98. The van der Waals surface area contributed by atoms with E-state index in [1.54, 1.807) is 16.7 Å². The lowest BCUT2D eigenvalue weighted by Gasteiger charge is -2.15. The van der Waals surface area contributed by atoms with Crippen LogP contribution in [-0.2, 0) is 15.3 Å². The van der Waals surface area contributed by atoms with Gasteiger partial charge in [0.25, 0.3) is 0 Å². The van der Waals surface area contributed by atoms with Gasteiger partial charge in [-0.1, -0.05) is 11.6 Å². The van der Waals surface area contributed by atoms with Gasteiger partial charge in [0.1, 0.15) is 0 Å². The molecule has 1 aromatic rings. The van der Waals surface area contributed by atoms with E-state index in [1.807, 2.05) is 12.1 Å². The molecule has 7 heteroatoms. The van der Waals surface area contributed by atoms with Gasteiger partial charge in [-0.05, 0) is 24.5 Å². The number of hydrogen-bond acceptors (Lipinski definition) is 4. The second-order valence-corrected chi connectivity index (χ2v) is 7.58. The van der Waals surface area contributed by atoms with Crippen LogP contribution in [0.5, 0.6) is 0 Å². The molecule has 1 N–H and O–H groups in total. The smallest absolute Gasteiger partial charge is 0.303 e. The molecule has 1 unspecified atom stereocenters. The molecule has 1 aliphatic rings. The molecule has 4 nitrogen and oxygen atoms in total. The van der Waals surface area contributed by atoms with E-state index in [1.165, 1.54) is 11.3 Å². The first-order valence-corrected chi connectivity index (χ1v) is 8.71. The highest BCUT2D eigenvalue weighted by atomic mass is 35.5. The molecule has 1 aliphatic heterocycles. The Bertz CT molecular complexity index is 492. The van der Waals surface area contributed by atoms with Gasteiger partial charge in [-0.25, -0.2) is 0 Å². The quantitative estimate of drug-likeness (QED) is 0.869. The van der Waals surface area contributed by atoms with Crippen molar-refractivity contribution in [1.29, 1.82) is 0 Å². The van der Waals surface area contributed by atoms with E-state index in [2.05, 4.69) is 0 Å². The lowest BCUT2D eigenvalue weighted by molar-refractivity contribution is -0.138. The van der Waals surface area contributed by atoms with Crippen molar-refractivity contribution in [3.05, 3.63) is 21.3 Å². The largest absolute Gasteiger partial charge is 0.481 e. The SMILES string of the molecule is O=C(O)CC1CCN(C(=O)CSCc2ccc(Cl)s2)C1. The van der Waals surface area contributed by atoms with E-state index in [0.717, 1.165) is 21.4 Å². The molecule has 1 amide bonds. The van der Waals surface area contributed by atoms with Gasteiger partial charge in [-0.2, -0.15) is 0 Å². The number of thiophene rings is 1. The van der Waals surface area contributed by atoms with Gasteiger partial charge in [-0.3, -0.25) is 9.59 Å². The average molecular weight is 334 g/mol. The Labute approximate surface area is 131 Å². The van der Waals surface area contributed by atoms with Crippen LogP contribution in [0.2, 0.25) is 4.34 Å². The molecule has 2 rings (SSSR count). The number of carbonyl (C=O) groups excluding carboxylic acids is 1. The fourth-order valence-electron chi connectivity index (χ4n) is 2.23. The van der Waals surface area contributed by atoms with Crippen molar-refractivity contribution in [3.8, 4) is 0 Å². The van der Waals surface area contributed by atoms with Crippen molar-refractivity contribution in [3.63, 3.8) is 0 Å². The standard InChI is InChI=1S/C13H16ClNO3S2/c14-11-2-1-10(20-11)7-19-8-12(16)15-4-3-9(6-15)5-13(17)18/h1-2,9H,3-8H2,(H,17,18). The first-order chi connectivity index (χ1) is 9.54. The van der Waals surface area contributed by atoms with E-state index < -0.39 is 5.97 Å². The van der Waals surface area contributed by atoms with Gasteiger partial charge < -0.3 is 10.0 Å². The molecule has 0 aliphatic carbocycles. The third kappa shape index (κ3) is 4.68. The highest BCUT2D eigenvalue weighted by Gasteiger charge is 2.27. The van der Waals surface area contributed by atoms with E-state index >= 15 is 0 Å². The number of carboxylic acid groups (broad SMARTS) is 1. The van der Waals surface area contributed by atoms with Crippen LogP contribution in [0.1, 0.15) is 17.7 Å². The van der Waals surface area contributed by atoms with Gasteiger partial charge in [0.15, 0.2) is 0 Å². The molecular weight excluding hydrogens is 318 g/mol. The molecule has 1 fully saturated rings. The second-order valence-electron chi connectivity index (χ2n) is 4.79. The molecular formula is C13H16ClNO3S2. The number of aliphatic carboxylic acids is 1. The third-order valence-electron chi connectivity index (χ3n) is 3.20. The topological polar surface area (TPSA) is 57.6 Å². The minimum atomic E-state index is -0.784. The summed E-state index contributed by atoms with van der Waals surface area (Å²) >= 11 is 8.96. The summed E-state index contributed by atoms with van der Waals surface area (Å²) in [6, 6.07) is 3.84. The molecule has 20 heavy (non-hydrogen) atoms. The van der Waals surface area contributed by atoms with Gasteiger partial charge in [0.05, 0.1) is 10.1 Å². The summed E-state index contributed by atoms with van der Waals surface area (Å²) in [5.74, 6) is 0.654. The maximum absolute atomic E-state index is 12.0. The normalized spacial score (nSPS) is 18.4. The minimum Gasteiger partial charge on any atom is -0.481 e. The van der Waals surface area contributed by atoms with Crippen LogP contribution >= 0.6 is 34.7 Å². The number of hydrogen-bond donors (Lipinski definition) is 1. The van der Waals surface area contributed by atoms with E-state index in [0.29, 0.717) is 18.8 Å². The molecule has 1 aromatic heterocycles. The maximum atomic E-state index is 12.0. The number of carbonyl (C=O) groups is 2. The Balaban J connectivity index is 1.69. The van der Waals surface area contributed by atoms with Crippen LogP contribution in [-0.4, -0.2) is 40.7 Å². The van der Waals surface area contributed by atoms with Crippen LogP contribution in [0.15, 0.2) is 12.1 Å². The van der Waals surface area contributed by atoms with Crippen LogP contribution < -0.4 is 0 Å². The molecule has 2 heterocycles. The van der Waals surface area contributed by atoms with E-state index in [9.17, 15) is 9.59 Å². The van der Waals surface area contributed by atoms with Crippen molar-refractivity contribution < 1.29 is 14.7 Å². The van der Waals surface area contributed by atoms with Crippen molar-refractivity contribution >= 4 is 46.6 Å². The van der Waals surface area contributed by atoms with E-state index in [4.69, 9.17) is 16.7 Å². The zero-order chi connectivity index (χ0) is 14.5. The molecule has 0 radical (unpaired) electrons. The summed E-state index contributed by atoms with van der Waals surface area (Å²) in [5.41, 5.74) is 0. The van der Waals surface area contributed by atoms with Gasteiger partial charge in [0.2, 0.25) is 5.91 Å². The molecule has 0 spiro atoms. The first kappa shape index (κ1) is 15.7. The van der Waals surface area contributed by atoms with Crippen molar-refractivity contribution in [1.82, 2.24) is 4.90 Å². The zero-order valence-corrected chi connectivity index (χ0v) is 13.3. The number of amides is 1. The van der Waals surface area contributed by atoms with Gasteiger partial charge in [-0.15, -0.1) is 23.1 Å². The number of rotatable bonds is 6. The summed E-state index contributed by atoms with van der Waals surface area (Å²) in [6.45, 7) is 1.26. The third-order valence-corrected chi connectivity index (χ3v) is 5.58. The number of halogens is 1. The van der Waals surface area contributed by atoms with Crippen LogP contribution in [0.25, 0.3) is 0 Å². The summed E-state index contributed by atoms with van der Waals surface area (Å²) in [4.78, 5) is 25.6. The van der Waals surface area contributed by atoms with Crippen molar-refractivity contribution in [2.75, 3.05) is 18.8 Å². The maximum Gasteiger partial charge on any atom is 0.303 e. The Morgan fingerprint density at radius 2 is 2.30 bits per heavy atom. The van der Waals surface area contributed by atoms with E-state index in [-0.39, 0.29) is 18.2 Å². The van der Waals surface area contributed by atoms with Gasteiger partial charge in [0, 0.05) is 30.1 Å². The molecule has 0 aromatic carbocycles. The summed E-state index contributed by atoms with van der Waals surface area (Å²) in [5, 5.41) is 8.75. The molecule has 1 atom stereocenters. The fourth-order valence-corrected chi connectivity index (χ4v) is 4.36. The lowest BCUT2D eigenvalue weighted by Crippen LogP contribution is -2.30. The van der Waals surface area contributed by atoms with Crippen LogP contribution in [0.4, 0.5) is 0 Å². The molecule has 0 bridgehead atoms. The Morgan fingerprint density at radius 3 is 2.95 bits per heavy atom. The summed E-state index contributed by atoms with van der Waals surface area (Å²) in [6.07, 6.45) is 0.952. The monoisotopic (exact) mass is 333 g/mol. The molecule has 110 valence electrons. The number of nitrogens with zero attached hydrogens (tertiary/aromatic N) is 1. The molecule has 1 saturated heterocycles. The predicted molar refractivity (Wildman–Crippen MR) is 82.4 cm³/mol. The minimum absolute atomic E-state index is 0.102. The number of carboxylic acids is 1. The van der Waals surface area contributed by atoms with Crippen LogP contribution in [0.3, 0.4) is 0 Å². The highest BCUT2D eigenvalue weighted by molar-refractivity contribution is 7.99. The Morgan fingerprint density at radius 1 is 1.50 bits per heavy atom. The van der Waals surface area contributed by atoms with Crippen molar-refractivity contribution in [2.45, 2.75) is 18.6 Å². The second kappa shape index (κ2) is 7.33. The predicted octanol–water partition coefficient (Wildman–Crippen LogP) is 2.96. The summed E-state index contributed by atoms with van der Waals surface area (Å²) in [7, 11) is 0. The molecule has 0 saturated carbocycles. The number of likely N-dealkylation sites (tertiary alicyclic amines) is 1. The fraction of sp³-hybridized carbons (Fsp3) is 0.538. The first-order valence-electron chi connectivity index (χ1n) is 6.36. The zero-order valence-electron chi connectivity index (χ0n) is 10.9. The number of thioether (sulfide) groups is 1. The summed E-state index contributed by atoms with van der Waals surface area (Å²) < 4.78 is 0.767.